The van der Waals surface area contributed by atoms with Crippen molar-refractivity contribution in [2.45, 2.75) is 39.0 Å². The molecule has 2 heteroatoms. The zero-order valence-electron chi connectivity index (χ0n) is 14.1. The molecule has 1 fully saturated rings. The number of piperidine rings is 1. The van der Waals surface area contributed by atoms with Gasteiger partial charge < -0.3 is 4.90 Å². The van der Waals surface area contributed by atoms with Crippen molar-refractivity contribution in [2.75, 3.05) is 13.1 Å². The molecule has 1 saturated heterocycles. The summed E-state index contributed by atoms with van der Waals surface area (Å²) in [5.41, 5.74) is 2.55. The summed E-state index contributed by atoms with van der Waals surface area (Å²) < 4.78 is 0. The SMILES string of the molecule is CCCC(=O)N1CCCCC1.c1ccc(-c2ccccc2)cc1. The highest BCUT2D eigenvalue weighted by atomic mass is 16.2. The lowest BCUT2D eigenvalue weighted by Crippen LogP contribution is -2.35. The van der Waals surface area contributed by atoms with Gasteiger partial charge in [0.1, 0.15) is 0 Å². The Kier molecular flexibility index (Phi) is 7.38. The van der Waals surface area contributed by atoms with E-state index in [9.17, 15) is 4.79 Å². The largest absolute Gasteiger partial charge is 0.343 e. The molecular formula is C21H27NO. The van der Waals surface area contributed by atoms with Crippen LogP contribution in [0.15, 0.2) is 60.7 Å². The first kappa shape index (κ1) is 17.3. The molecule has 0 radical (unpaired) electrons. The van der Waals surface area contributed by atoms with Gasteiger partial charge in [-0.3, -0.25) is 4.79 Å². The Morgan fingerprint density at radius 3 is 1.74 bits per heavy atom. The van der Waals surface area contributed by atoms with Crippen molar-refractivity contribution < 1.29 is 4.79 Å². The van der Waals surface area contributed by atoms with Crippen molar-refractivity contribution in [3.63, 3.8) is 0 Å². The van der Waals surface area contributed by atoms with Gasteiger partial charge in [-0.1, -0.05) is 67.6 Å². The fourth-order valence-corrected chi connectivity index (χ4v) is 2.78. The summed E-state index contributed by atoms with van der Waals surface area (Å²) in [6, 6.07) is 20.8. The van der Waals surface area contributed by atoms with Crippen LogP contribution in [0.25, 0.3) is 11.1 Å². The molecule has 1 amide bonds. The number of likely N-dealkylation sites (tertiary alicyclic amines) is 1. The van der Waals surface area contributed by atoms with Crippen LogP contribution < -0.4 is 0 Å². The first-order valence-corrected chi connectivity index (χ1v) is 8.69. The predicted molar refractivity (Wildman–Crippen MR) is 97.2 cm³/mol. The van der Waals surface area contributed by atoms with Gasteiger partial charge in [0, 0.05) is 19.5 Å². The Labute approximate surface area is 140 Å². The number of benzene rings is 2. The Hall–Kier alpha value is -2.09. The molecule has 0 atom stereocenters. The third-order valence-electron chi connectivity index (χ3n) is 4.05. The summed E-state index contributed by atoms with van der Waals surface area (Å²) in [6.45, 7) is 4.06. The van der Waals surface area contributed by atoms with Gasteiger partial charge in [-0.25, -0.2) is 0 Å². The summed E-state index contributed by atoms with van der Waals surface area (Å²) >= 11 is 0. The second-order valence-corrected chi connectivity index (χ2v) is 5.92. The molecular weight excluding hydrogens is 282 g/mol. The molecule has 0 N–H and O–H groups in total. The van der Waals surface area contributed by atoms with Crippen LogP contribution in [-0.4, -0.2) is 23.9 Å². The standard InChI is InChI=1S/C12H10.C9H17NO/c1-3-7-11(8-4-1)12-9-5-2-6-10-12;1-2-6-9(11)10-7-4-3-5-8-10/h1-10H;2-8H2,1H3. The highest BCUT2D eigenvalue weighted by Gasteiger charge is 2.14. The first-order chi connectivity index (χ1) is 11.3. The van der Waals surface area contributed by atoms with Crippen molar-refractivity contribution in [3.05, 3.63) is 60.7 Å². The highest BCUT2D eigenvalue weighted by molar-refractivity contribution is 5.76. The molecule has 2 aromatic rings. The van der Waals surface area contributed by atoms with Gasteiger partial charge in [-0.15, -0.1) is 0 Å². The van der Waals surface area contributed by atoms with Gasteiger partial charge in [0.15, 0.2) is 0 Å². The molecule has 3 rings (SSSR count). The Balaban J connectivity index is 0.000000168. The second-order valence-electron chi connectivity index (χ2n) is 5.92. The van der Waals surface area contributed by atoms with Crippen LogP contribution in [0.3, 0.4) is 0 Å². The van der Waals surface area contributed by atoms with E-state index in [1.807, 2.05) is 17.0 Å². The van der Waals surface area contributed by atoms with Crippen molar-refractivity contribution in [1.82, 2.24) is 4.90 Å². The minimum absolute atomic E-state index is 0.354. The van der Waals surface area contributed by atoms with E-state index >= 15 is 0 Å². The van der Waals surface area contributed by atoms with Crippen molar-refractivity contribution in [2.24, 2.45) is 0 Å². The molecule has 122 valence electrons. The molecule has 2 aromatic carbocycles. The average molecular weight is 309 g/mol. The van der Waals surface area contributed by atoms with Crippen LogP contribution in [0.4, 0.5) is 0 Å². The minimum Gasteiger partial charge on any atom is -0.343 e. The van der Waals surface area contributed by atoms with Gasteiger partial charge in [-0.2, -0.15) is 0 Å². The van der Waals surface area contributed by atoms with Crippen LogP contribution in [-0.2, 0) is 4.79 Å². The Morgan fingerprint density at radius 2 is 1.30 bits per heavy atom. The summed E-state index contributed by atoms with van der Waals surface area (Å²) in [5, 5.41) is 0. The molecule has 23 heavy (non-hydrogen) atoms. The molecule has 0 aliphatic carbocycles. The van der Waals surface area contributed by atoms with Crippen LogP contribution >= 0.6 is 0 Å². The number of carbonyl (C=O) groups is 1. The molecule has 1 heterocycles. The lowest BCUT2D eigenvalue weighted by Gasteiger charge is -2.26. The molecule has 0 unspecified atom stereocenters. The van der Waals surface area contributed by atoms with E-state index in [1.165, 1.54) is 30.4 Å². The van der Waals surface area contributed by atoms with Crippen LogP contribution in [0.1, 0.15) is 39.0 Å². The van der Waals surface area contributed by atoms with Gasteiger partial charge in [0.05, 0.1) is 0 Å². The number of hydrogen-bond donors (Lipinski definition) is 0. The van der Waals surface area contributed by atoms with E-state index in [2.05, 4.69) is 55.5 Å². The third kappa shape index (κ3) is 5.90. The van der Waals surface area contributed by atoms with E-state index in [-0.39, 0.29) is 0 Å². The van der Waals surface area contributed by atoms with Crippen molar-refractivity contribution in [3.8, 4) is 11.1 Å². The predicted octanol–water partition coefficient (Wildman–Crippen LogP) is 5.15. The summed E-state index contributed by atoms with van der Waals surface area (Å²) in [5.74, 6) is 0.354. The summed E-state index contributed by atoms with van der Waals surface area (Å²) in [7, 11) is 0. The second kappa shape index (κ2) is 9.83. The zero-order valence-corrected chi connectivity index (χ0v) is 14.1. The number of carbonyl (C=O) groups excluding carboxylic acids is 1. The monoisotopic (exact) mass is 309 g/mol. The maximum atomic E-state index is 11.3. The van der Waals surface area contributed by atoms with E-state index in [1.54, 1.807) is 0 Å². The Bertz CT molecular complexity index is 521. The average Bonchev–Trinajstić information content (AvgIpc) is 2.65. The molecule has 2 nitrogen and oxygen atoms in total. The summed E-state index contributed by atoms with van der Waals surface area (Å²) in [4.78, 5) is 13.3. The lowest BCUT2D eigenvalue weighted by molar-refractivity contribution is -0.132. The summed E-state index contributed by atoms with van der Waals surface area (Å²) in [6.07, 6.45) is 5.43. The number of amides is 1. The minimum atomic E-state index is 0.354. The maximum Gasteiger partial charge on any atom is 0.222 e. The van der Waals surface area contributed by atoms with Crippen LogP contribution in [0.2, 0.25) is 0 Å². The molecule has 1 aliphatic heterocycles. The smallest absolute Gasteiger partial charge is 0.222 e. The number of hydrogen-bond acceptors (Lipinski definition) is 1. The number of rotatable bonds is 3. The van der Waals surface area contributed by atoms with E-state index in [4.69, 9.17) is 0 Å². The maximum absolute atomic E-state index is 11.3. The molecule has 0 spiro atoms. The topological polar surface area (TPSA) is 20.3 Å². The first-order valence-electron chi connectivity index (χ1n) is 8.69. The van der Waals surface area contributed by atoms with Crippen LogP contribution in [0.5, 0.6) is 0 Å². The lowest BCUT2D eigenvalue weighted by atomic mass is 10.1. The molecule has 0 saturated carbocycles. The normalized spacial score (nSPS) is 13.9. The highest BCUT2D eigenvalue weighted by Crippen LogP contribution is 2.17. The van der Waals surface area contributed by atoms with Crippen LogP contribution in [0, 0.1) is 0 Å². The van der Waals surface area contributed by atoms with Crippen molar-refractivity contribution in [1.29, 1.82) is 0 Å². The van der Waals surface area contributed by atoms with E-state index < -0.39 is 0 Å². The number of nitrogens with zero attached hydrogens (tertiary/aromatic N) is 1. The third-order valence-corrected chi connectivity index (χ3v) is 4.05. The van der Waals surface area contributed by atoms with Gasteiger partial charge in [-0.05, 0) is 36.8 Å². The molecule has 1 aliphatic rings. The van der Waals surface area contributed by atoms with E-state index in [0.29, 0.717) is 5.91 Å². The van der Waals surface area contributed by atoms with Crippen molar-refractivity contribution >= 4 is 5.91 Å². The fourth-order valence-electron chi connectivity index (χ4n) is 2.78. The fraction of sp³-hybridized carbons (Fsp3) is 0.381. The van der Waals surface area contributed by atoms with Gasteiger partial charge >= 0.3 is 0 Å². The van der Waals surface area contributed by atoms with Gasteiger partial charge in [0.25, 0.3) is 0 Å². The van der Waals surface area contributed by atoms with Gasteiger partial charge in [0.2, 0.25) is 5.91 Å². The quantitative estimate of drug-likeness (QED) is 0.767. The zero-order chi connectivity index (χ0) is 16.3. The molecule has 0 aromatic heterocycles. The van der Waals surface area contributed by atoms with E-state index in [0.717, 1.165) is 25.9 Å². The molecule has 0 bridgehead atoms. The Morgan fingerprint density at radius 1 is 0.826 bits per heavy atom.